The number of aryl methyl sites for hydroxylation is 1. The van der Waals surface area contributed by atoms with E-state index in [4.69, 9.17) is 32.4 Å². The number of rotatable bonds is 8. The van der Waals surface area contributed by atoms with Gasteiger partial charge in [0.15, 0.2) is 0 Å². The van der Waals surface area contributed by atoms with Crippen LogP contribution in [0, 0.1) is 17.0 Å². The summed E-state index contributed by atoms with van der Waals surface area (Å²) in [5.41, 5.74) is 4.90. The van der Waals surface area contributed by atoms with Crippen LogP contribution >= 0.6 is 23.2 Å². The second-order valence-electron chi connectivity index (χ2n) is 7.68. The van der Waals surface area contributed by atoms with Crippen molar-refractivity contribution in [1.82, 2.24) is 5.43 Å². The maximum atomic E-state index is 12.7. The third kappa shape index (κ3) is 5.91. The van der Waals surface area contributed by atoms with Gasteiger partial charge in [-0.05, 0) is 55.0 Å². The Balaban J connectivity index is 1.41. The van der Waals surface area contributed by atoms with Gasteiger partial charge in [-0.2, -0.15) is 5.10 Å². The average Bonchev–Trinajstić information content (AvgIpc) is 3.32. The molecule has 0 atom stereocenters. The summed E-state index contributed by atoms with van der Waals surface area (Å²) in [6, 6.07) is 19.8. The summed E-state index contributed by atoms with van der Waals surface area (Å²) in [4.78, 5) is 23.2. The third-order valence-corrected chi connectivity index (χ3v) is 5.79. The number of hydrogen-bond acceptors (Lipinski definition) is 6. The van der Waals surface area contributed by atoms with Crippen molar-refractivity contribution in [3.8, 4) is 17.1 Å². The highest BCUT2D eigenvalue weighted by atomic mass is 35.5. The van der Waals surface area contributed by atoms with Gasteiger partial charge in [0, 0.05) is 33.3 Å². The van der Waals surface area contributed by atoms with Crippen molar-refractivity contribution in [3.05, 3.63) is 115 Å². The van der Waals surface area contributed by atoms with Crippen LogP contribution in [0.3, 0.4) is 0 Å². The number of nitrogens with zero attached hydrogens (tertiary/aromatic N) is 2. The van der Waals surface area contributed by atoms with E-state index < -0.39 is 10.8 Å². The summed E-state index contributed by atoms with van der Waals surface area (Å²) >= 11 is 12.1. The second-order valence-corrected chi connectivity index (χ2v) is 8.52. The lowest BCUT2D eigenvalue weighted by Crippen LogP contribution is -2.18. The summed E-state index contributed by atoms with van der Waals surface area (Å²) < 4.78 is 11.6. The minimum absolute atomic E-state index is 0.00725. The molecule has 0 spiro atoms. The lowest BCUT2D eigenvalue weighted by atomic mass is 10.1. The standard InChI is InChI=1S/C26H19Cl2N3O5/c1-16-12-19(31(33)34)8-10-21(16)25-11-9-20(36-25)14-29-30-26(32)22-4-2-3-5-24(22)35-15-17-6-7-18(27)13-23(17)28/h2-14H,15H2,1H3,(H,30,32)/b29-14+. The summed E-state index contributed by atoms with van der Waals surface area (Å²) in [7, 11) is 0. The molecular weight excluding hydrogens is 505 g/mol. The molecule has 4 rings (SSSR count). The summed E-state index contributed by atoms with van der Waals surface area (Å²) in [5, 5.41) is 15.9. The molecule has 8 nitrogen and oxygen atoms in total. The van der Waals surface area contributed by atoms with Crippen molar-refractivity contribution in [2.45, 2.75) is 13.5 Å². The van der Waals surface area contributed by atoms with E-state index in [1.54, 1.807) is 67.6 Å². The number of hydrogen-bond donors (Lipinski definition) is 1. The van der Waals surface area contributed by atoms with E-state index in [0.717, 1.165) is 11.1 Å². The van der Waals surface area contributed by atoms with Gasteiger partial charge in [-0.25, -0.2) is 5.43 Å². The average molecular weight is 524 g/mol. The molecule has 1 aromatic heterocycles. The monoisotopic (exact) mass is 523 g/mol. The zero-order chi connectivity index (χ0) is 25.7. The van der Waals surface area contributed by atoms with Gasteiger partial charge >= 0.3 is 0 Å². The Morgan fingerprint density at radius 1 is 1.11 bits per heavy atom. The molecule has 0 aliphatic carbocycles. The van der Waals surface area contributed by atoms with Crippen LogP contribution in [0.4, 0.5) is 5.69 Å². The van der Waals surface area contributed by atoms with Crippen LogP contribution in [0.2, 0.25) is 10.0 Å². The summed E-state index contributed by atoms with van der Waals surface area (Å²) in [5.74, 6) is 0.812. The molecule has 0 saturated heterocycles. The number of hydrazone groups is 1. The molecule has 3 aromatic carbocycles. The Morgan fingerprint density at radius 3 is 2.67 bits per heavy atom. The third-order valence-electron chi connectivity index (χ3n) is 5.20. The summed E-state index contributed by atoms with van der Waals surface area (Å²) in [6.45, 7) is 1.92. The fourth-order valence-electron chi connectivity index (χ4n) is 3.39. The van der Waals surface area contributed by atoms with Crippen LogP contribution in [0.5, 0.6) is 5.75 Å². The van der Waals surface area contributed by atoms with Crippen LogP contribution in [-0.4, -0.2) is 17.0 Å². The molecule has 0 aliphatic rings. The molecular formula is C26H19Cl2N3O5. The van der Waals surface area contributed by atoms with Crippen molar-refractivity contribution in [3.63, 3.8) is 0 Å². The van der Waals surface area contributed by atoms with Crippen molar-refractivity contribution < 1.29 is 18.9 Å². The number of nitrogens with one attached hydrogen (secondary N) is 1. The first kappa shape index (κ1) is 25.0. The molecule has 1 N–H and O–H groups in total. The maximum Gasteiger partial charge on any atom is 0.275 e. The first-order chi connectivity index (χ1) is 17.3. The van der Waals surface area contributed by atoms with Crippen molar-refractivity contribution >= 4 is 41.0 Å². The van der Waals surface area contributed by atoms with Crippen LogP contribution < -0.4 is 10.2 Å². The van der Waals surface area contributed by atoms with Crippen molar-refractivity contribution in [2.75, 3.05) is 0 Å². The number of amides is 1. The van der Waals surface area contributed by atoms with E-state index in [2.05, 4.69) is 10.5 Å². The fourth-order valence-corrected chi connectivity index (χ4v) is 3.86. The van der Waals surface area contributed by atoms with Crippen molar-refractivity contribution in [2.24, 2.45) is 5.10 Å². The maximum absolute atomic E-state index is 12.7. The van der Waals surface area contributed by atoms with Gasteiger partial charge in [0.25, 0.3) is 11.6 Å². The van der Waals surface area contributed by atoms with Gasteiger partial charge in [0.05, 0.1) is 16.7 Å². The van der Waals surface area contributed by atoms with E-state index in [-0.39, 0.29) is 12.3 Å². The highest BCUT2D eigenvalue weighted by molar-refractivity contribution is 6.35. The molecule has 4 aromatic rings. The molecule has 0 bridgehead atoms. The molecule has 182 valence electrons. The minimum Gasteiger partial charge on any atom is -0.488 e. The molecule has 10 heteroatoms. The largest absolute Gasteiger partial charge is 0.488 e. The molecule has 0 radical (unpaired) electrons. The lowest BCUT2D eigenvalue weighted by molar-refractivity contribution is -0.384. The van der Waals surface area contributed by atoms with E-state index in [9.17, 15) is 14.9 Å². The molecule has 36 heavy (non-hydrogen) atoms. The van der Waals surface area contributed by atoms with E-state index in [0.29, 0.717) is 38.4 Å². The normalized spacial score (nSPS) is 11.0. The van der Waals surface area contributed by atoms with E-state index >= 15 is 0 Å². The minimum atomic E-state index is -0.470. The first-order valence-corrected chi connectivity index (χ1v) is 11.4. The van der Waals surface area contributed by atoms with E-state index in [1.807, 2.05) is 0 Å². The van der Waals surface area contributed by atoms with Crippen LogP contribution in [-0.2, 0) is 6.61 Å². The molecule has 0 aliphatic heterocycles. The molecule has 0 fully saturated rings. The van der Waals surface area contributed by atoms with Crippen LogP contribution in [0.1, 0.15) is 27.2 Å². The Morgan fingerprint density at radius 2 is 1.92 bits per heavy atom. The molecule has 0 unspecified atom stereocenters. The van der Waals surface area contributed by atoms with Gasteiger partial charge in [-0.1, -0.05) is 41.4 Å². The van der Waals surface area contributed by atoms with Gasteiger partial charge < -0.3 is 9.15 Å². The first-order valence-electron chi connectivity index (χ1n) is 10.7. The quantitative estimate of drug-likeness (QED) is 0.155. The highest BCUT2D eigenvalue weighted by Crippen LogP contribution is 2.28. The summed E-state index contributed by atoms with van der Waals surface area (Å²) in [6.07, 6.45) is 1.36. The van der Waals surface area contributed by atoms with Gasteiger partial charge in [-0.3, -0.25) is 14.9 Å². The zero-order valence-corrected chi connectivity index (χ0v) is 20.4. The van der Waals surface area contributed by atoms with E-state index in [1.165, 1.54) is 18.3 Å². The SMILES string of the molecule is Cc1cc([N+](=O)[O-])ccc1-c1ccc(/C=N/NC(=O)c2ccccc2OCc2ccc(Cl)cc2Cl)o1. The van der Waals surface area contributed by atoms with Gasteiger partial charge in [-0.15, -0.1) is 0 Å². The number of benzene rings is 3. The predicted octanol–water partition coefficient (Wildman–Crippen LogP) is 6.81. The Kier molecular flexibility index (Phi) is 7.68. The highest BCUT2D eigenvalue weighted by Gasteiger charge is 2.14. The molecule has 1 heterocycles. The van der Waals surface area contributed by atoms with Gasteiger partial charge in [0.1, 0.15) is 23.9 Å². The zero-order valence-electron chi connectivity index (χ0n) is 18.9. The Labute approximate surface area is 216 Å². The van der Waals surface area contributed by atoms with Crippen LogP contribution in [0.25, 0.3) is 11.3 Å². The number of nitro groups is 1. The molecule has 1 amide bonds. The number of para-hydroxylation sites is 1. The number of ether oxygens (including phenoxy) is 1. The van der Waals surface area contributed by atoms with Gasteiger partial charge in [0.2, 0.25) is 0 Å². The Hall–Kier alpha value is -4.14. The fraction of sp³-hybridized carbons (Fsp3) is 0.0769. The topological polar surface area (TPSA) is 107 Å². The second kappa shape index (κ2) is 11.1. The van der Waals surface area contributed by atoms with Crippen LogP contribution in [0.15, 0.2) is 82.3 Å². The molecule has 0 saturated carbocycles. The van der Waals surface area contributed by atoms with Crippen molar-refractivity contribution in [1.29, 1.82) is 0 Å². The predicted molar refractivity (Wildman–Crippen MR) is 138 cm³/mol. The number of nitro benzene ring substituents is 1. The number of furan rings is 1. The smallest absolute Gasteiger partial charge is 0.275 e. The Bertz CT molecular complexity index is 1470. The number of non-ortho nitro benzene ring substituents is 1. The number of halogens is 2. The number of carbonyl (C=O) groups excluding carboxylic acids is 1. The number of carbonyl (C=O) groups is 1. The lowest BCUT2D eigenvalue weighted by Gasteiger charge is -2.11.